The van der Waals surface area contributed by atoms with Crippen molar-refractivity contribution >= 4 is 11.7 Å². The van der Waals surface area contributed by atoms with Gasteiger partial charge in [0, 0.05) is 19.6 Å². The normalized spacial score (nSPS) is 10.6. The highest BCUT2D eigenvalue weighted by Crippen LogP contribution is 2.04. The van der Waals surface area contributed by atoms with Crippen LogP contribution in [0, 0.1) is 0 Å². The largest absolute Gasteiger partial charge is 0.370 e. The molecule has 0 unspecified atom stereocenters. The van der Waals surface area contributed by atoms with Crippen LogP contribution in [0.4, 0.5) is 5.82 Å². The third-order valence-electron chi connectivity index (χ3n) is 3.04. The van der Waals surface area contributed by atoms with Crippen molar-refractivity contribution < 1.29 is 4.79 Å². The van der Waals surface area contributed by atoms with Crippen LogP contribution in [-0.2, 0) is 0 Å². The molecular weight excluding hydrogens is 252 g/mol. The number of hydrogen-bond acceptors (Lipinski definition) is 4. The molecule has 20 heavy (non-hydrogen) atoms. The van der Waals surface area contributed by atoms with Crippen molar-refractivity contribution in [3.8, 4) is 0 Å². The Labute approximate surface area is 121 Å². The van der Waals surface area contributed by atoms with Gasteiger partial charge in [0.2, 0.25) is 0 Å². The maximum Gasteiger partial charge on any atom is 0.270 e. The number of amides is 1. The monoisotopic (exact) mass is 278 g/mol. The maximum atomic E-state index is 12.0. The molecule has 0 aromatic carbocycles. The van der Waals surface area contributed by atoms with E-state index in [4.69, 9.17) is 0 Å². The van der Waals surface area contributed by atoms with E-state index < -0.39 is 0 Å². The number of aromatic nitrogens is 1. The van der Waals surface area contributed by atoms with Gasteiger partial charge in [-0.25, -0.2) is 4.98 Å². The zero-order valence-corrected chi connectivity index (χ0v) is 12.8. The molecule has 0 radical (unpaired) electrons. The Hall–Kier alpha value is -1.62. The Morgan fingerprint density at radius 1 is 1.25 bits per heavy atom. The smallest absolute Gasteiger partial charge is 0.270 e. The van der Waals surface area contributed by atoms with Crippen LogP contribution in [0.5, 0.6) is 0 Å². The van der Waals surface area contributed by atoms with Crippen molar-refractivity contribution in [2.24, 2.45) is 0 Å². The molecule has 0 bridgehead atoms. The average Bonchev–Trinajstić information content (AvgIpc) is 2.47. The number of anilines is 1. The molecule has 1 rings (SSSR count). The summed E-state index contributed by atoms with van der Waals surface area (Å²) in [5, 5.41) is 6.02. The van der Waals surface area contributed by atoms with Crippen LogP contribution >= 0.6 is 0 Å². The predicted molar refractivity (Wildman–Crippen MR) is 83.1 cm³/mol. The molecule has 1 heterocycles. The molecule has 0 spiro atoms. The van der Waals surface area contributed by atoms with E-state index in [0.29, 0.717) is 12.2 Å². The second-order valence-electron chi connectivity index (χ2n) is 4.63. The fourth-order valence-corrected chi connectivity index (χ4v) is 2.00. The van der Waals surface area contributed by atoms with Crippen LogP contribution in [-0.4, -0.2) is 48.5 Å². The van der Waals surface area contributed by atoms with Crippen molar-refractivity contribution in [3.63, 3.8) is 0 Å². The lowest BCUT2D eigenvalue weighted by Gasteiger charge is -2.19. The molecular formula is C15H26N4O. The van der Waals surface area contributed by atoms with Gasteiger partial charge >= 0.3 is 0 Å². The molecule has 1 amide bonds. The van der Waals surface area contributed by atoms with E-state index in [9.17, 15) is 4.79 Å². The molecule has 5 heteroatoms. The summed E-state index contributed by atoms with van der Waals surface area (Å²) in [5.41, 5.74) is 0.460. The van der Waals surface area contributed by atoms with Gasteiger partial charge in [0.25, 0.3) is 5.91 Å². The Bertz CT molecular complexity index is 409. The number of carbonyl (C=O) groups is 1. The van der Waals surface area contributed by atoms with Gasteiger partial charge in [0.15, 0.2) is 0 Å². The number of nitrogens with zero attached hydrogens (tertiary/aromatic N) is 2. The number of likely N-dealkylation sites (N-methyl/N-ethyl adjacent to an activating group) is 1. The minimum atomic E-state index is -0.114. The first-order valence-corrected chi connectivity index (χ1v) is 7.42. The predicted octanol–water partition coefficient (Wildman–Crippen LogP) is 1.98. The lowest BCUT2D eigenvalue weighted by molar-refractivity contribution is 0.0944. The van der Waals surface area contributed by atoms with Crippen molar-refractivity contribution in [2.45, 2.75) is 27.2 Å². The zero-order valence-electron chi connectivity index (χ0n) is 12.8. The minimum absolute atomic E-state index is 0.114. The standard InChI is InChI=1S/C15H26N4O/c1-4-11-19(6-3)12-10-17-15(20)13-8-7-9-14(18-13)16-5-2/h7-9H,4-6,10-12H2,1-3H3,(H,16,18)(H,17,20). The van der Waals surface area contributed by atoms with Gasteiger partial charge in [-0.2, -0.15) is 0 Å². The van der Waals surface area contributed by atoms with Crippen molar-refractivity contribution in [2.75, 3.05) is 38.0 Å². The van der Waals surface area contributed by atoms with E-state index in [1.807, 2.05) is 19.1 Å². The molecule has 0 saturated carbocycles. The molecule has 5 nitrogen and oxygen atoms in total. The topological polar surface area (TPSA) is 57.3 Å². The van der Waals surface area contributed by atoms with Gasteiger partial charge in [0.1, 0.15) is 11.5 Å². The molecule has 0 saturated heterocycles. The number of hydrogen-bond donors (Lipinski definition) is 2. The molecule has 112 valence electrons. The molecule has 2 N–H and O–H groups in total. The van der Waals surface area contributed by atoms with Crippen molar-refractivity contribution in [3.05, 3.63) is 23.9 Å². The van der Waals surface area contributed by atoms with Crippen LogP contribution < -0.4 is 10.6 Å². The van der Waals surface area contributed by atoms with Gasteiger partial charge in [-0.3, -0.25) is 4.79 Å². The quantitative estimate of drug-likeness (QED) is 0.725. The molecule has 1 aromatic heterocycles. The summed E-state index contributed by atoms with van der Waals surface area (Å²) in [6.07, 6.45) is 1.13. The first-order valence-electron chi connectivity index (χ1n) is 7.42. The minimum Gasteiger partial charge on any atom is -0.370 e. The fourth-order valence-electron chi connectivity index (χ4n) is 2.00. The third-order valence-corrected chi connectivity index (χ3v) is 3.04. The van der Waals surface area contributed by atoms with E-state index in [0.717, 1.165) is 38.4 Å². The molecule has 0 aliphatic heterocycles. The summed E-state index contributed by atoms with van der Waals surface area (Å²) in [6.45, 7) is 10.7. The van der Waals surface area contributed by atoms with Crippen LogP contribution in [0.1, 0.15) is 37.7 Å². The summed E-state index contributed by atoms with van der Waals surface area (Å²) < 4.78 is 0. The van der Waals surface area contributed by atoms with E-state index >= 15 is 0 Å². The Kier molecular flexibility index (Phi) is 7.65. The van der Waals surface area contributed by atoms with Crippen LogP contribution in [0.25, 0.3) is 0 Å². The van der Waals surface area contributed by atoms with E-state index in [2.05, 4.69) is 34.4 Å². The van der Waals surface area contributed by atoms with E-state index in [1.165, 1.54) is 0 Å². The zero-order chi connectivity index (χ0) is 14.8. The maximum absolute atomic E-state index is 12.0. The number of carbonyl (C=O) groups excluding carboxylic acids is 1. The van der Waals surface area contributed by atoms with Crippen molar-refractivity contribution in [1.29, 1.82) is 0 Å². The molecule has 0 aliphatic carbocycles. The highest BCUT2D eigenvalue weighted by Gasteiger charge is 2.08. The molecule has 0 atom stereocenters. The molecule has 1 aromatic rings. The Balaban J connectivity index is 2.44. The lowest BCUT2D eigenvalue weighted by atomic mass is 10.3. The summed E-state index contributed by atoms with van der Waals surface area (Å²) in [5.74, 6) is 0.624. The molecule has 0 fully saturated rings. The van der Waals surface area contributed by atoms with Gasteiger partial charge in [-0.1, -0.05) is 19.9 Å². The summed E-state index contributed by atoms with van der Waals surface area (Å²) in [4.78, 5) is 18.6. The van der Waals surface area contributed by atoms with Crippen molar-refractivity contribution in [1.82, 2.24) is 15.2 Å². The molecule has 0 aliphatic rings. The van der Waals surface area contributed by atoms with E-state index in [-0.39, 0.29) is 5.91 Å². The van der Waals surface area contributed by atoms with Crippen LogP contribution in [0.15, 0.2) is 18.2 Å². The number of pyridine rings is 1. The fraction of sp³-hybridized carbons (Fsp3) is 0.600. The first kappa shape index (κ1) is 16.4. The third kappa shape index (κ3) is 5.57. The summed E-state index contributed by atoms with van der Waals surface area (Å²) >= 11 is 0. The highest BCUT2D eigenvalue weighted by molar-refractivity contribution is 5.92. The average molecular weight is 278 g/mol. The second kappa shape index (κ2) is 9.31. The Morgan fingerprint density at radius 2 is 2.05 bits per heavy atom. The van der Waals surface area contributed by atoms with Gasteiger partial charge in [-0.05, 0) is 38.6 Å². The summed E-state index contributed by atoms with van der Waals surface area (Å²) in [6, 6.07) is 5.44. The highest BCUT2D eigenvalue weighted by atomic mass is 16.1. The number of rotatable bonds is 9. The first-order chi connectivity index (χ1) is 9.71. The Morgan fingerprint density at radius 3 is 2.70 bits per heavy atom. The lowest BCUT2D eigenvalue weighted by Crippen LogP contribution is -2.35. The second-order valence-corrected chi connectivity index (χ2v) is 4.63. The van der Waals surface area contributed by atoms with Crippen LogP contribution in [0.3, 0.4) is 0 Å². The SMILES string of the molecule is CCCN(CC)CCNC(=O)c1cccc(NCC)n1. The van der Waals surface area contributed by atoms with Gasteiger partial charge in [0.05, 0.1) is 0 Å². The number of nitrogens with one attached hydrogen (secondary N) is 2. The van der Waals surface area contributed by atoms with Gasteiger partial charge < -0.3 is 15.5 Å². The summed E-state index contributed by atoms with van der Waals surface area (Å²) in [7, 11) is 0. The van der Waals surface area contributed by atoms with Gasteiger partial charge in [-0.15, -0.1) is 0 Å². The van der Waals surface area contributed by atoms with E-state index in [1.54, 1.807) is 6.07 Å². The van der Waals surface area contributed by atoms with Crippen LogP contribution in [0.2, 0.25) is 0 Å².